The monoisotopic (exact) mass is 271 g/mol. The van der Waals surface area contributed by atoms with E-state index < -0.39 is 10.0 Å². The second-order valence-corrected chi connectivity index (χ2v) is 5.03. The normalized spacial score (nSPS) is 11.6. The Labute approximate surface area is 102 Å². The average Bonchev–Trinajstić information content (AvgIpc) is 2.95. The van der Waals surface area contributed by atoms with Crippen LogP contribution in [0.5, 0.6) is 0 Å². The number of sulfonamides is 1. The molecule has 0 aliphatic rings. The summed E-state index contributed by atoms with van der Waals surface area (Å²) in [6, 6.07) is 2.45. The first-order valence-corrected chi connectivity index (χ1v) is 6.33. The van der Waals surface area contributed by atoms with Gasteiger partial charge in [0, 0.05) is 0 Å². The van der Waals surface area contributed by atoms with Crippen molar-refractivity contribution in [1.82, 2.24) is 14.9 Å². The molecule has 0 atom stereocenters. The molecule has 8 nitrogen and oxygen atoms in total. The van der Waals surface area contributed by atoms with Gasteiger partial charge in [-0.3, -0.25) is 4.79 Å². The standard InChI is InChI=1S/C9H9N3O5S/c1-6-11-8(17-12-6)4-10-18(14,15)9-3-2-7(5-13)16-9/h2-3,5,10H,4H2,1H3. The van der Waals surface area contributed by atoms with Crippen molar-refractivity contribution in [3.05, 3.63) is 29.6 Å². The summed E-state index contributed by atoms with van der Waals surface area (Å²) in [6.45, 7) is 1.46. The third-order valence-corrected chi connectivity index (χ3v) is 3.24. The van der Waals surface area contributed by atoms with E-state index >= 15 is 0 Å². The highest BCUT2D eigenvalue weighted by molar-refractivity contribution is 7.89. The molecule has 0 aromatic carbocycles. The van der Waals surface area contributed by atoms with E-state index in [1.165, 1.54) is 12.1 Å². The van der Waals surface area contributed by atoms with Gasteiger partial charge >= 0.3 is 0 Å². The maximum Gasteiger partial charge on any atom is 0.274 e. The quantitative estimate of drug-likeness (QED) is 0.775. The third-order valence-electron chi connectivity index (χ3n) is 1.97. The molecule has 18 heavy (non-hydrogen) atoms. The number of carbonyl (C=O) groups is 1. The molecule has 0 radical (unpaired) electrons. The van der Waals surface area contributed by atoms with Crippen LogP contribution < -0.4 is 4.72 Å². The molecule has 0 spiro atoms. The summed E-state index contributed by atoms with van der Waals surface area (Å²) in [5.41, 5.74) is 0. The lowest BCUT2D eigenvalue weighted by molar-refractivity contribution is 0.109. The highest BCUT2D eigenvalue weighted by Crippen LogP contribution is 2.12. The molecule has 1 N–H and O–H groups in total. The lowest BCUT2D eigenvalue weighted by Gasteiger charge is -2.00. The first-order chi connectivity index (χ1) is 8.51. The first kappa shape index (κ1) is 12.5. The molecule has 0 bridgehead atoms. The zero-order valence-corrected chi connectivity index (χ0v) is 10.1. The van der Waals surface area contributed by atoms with Gasteiger partial charge in [0.15, 0.2) is 17.9 Å². The lowest BCUT2D eigenvalue weighted by atomic mass is 10.5. The minimum absolute atomic E-state index is 0.0657. The van der Waals surface area contributed by atoms with E-state index in [1.807, 2.05) is 0 Å². The fourth-order valence-electron chi connectivity index (χ4n) is 1.18. The van der Waals surface area contributed by atoms with Gasteiger partial charge in [0.25, 0.3) is 10.0 Å². The number of nitrogens with zero attached hydrogens (tertiary/aromatic N) is 2. The third kappa shape index (κ3) is 2.63. The van der Waals surface area contributed by atoms with Crippen molar-refractivity contribution in [3.63, 3.8) is 0 Å². The summed E-state index contributed by atoms with van der Waals surface area (Å²) in [7, 11) is -3.84. The molecule has 0 fully saturated rings. The Balaban J connectivity index is 2.09. The molecule has 0 saturated carbocycles. The molecular formula is C9H9N3O5S. The van der Waals surface area contributed by atoms with Crippen LogP contribution in [-0.2, 0) is 16.6 Å². The van der Waals surface area contributed by atoms with E-state index in [-0.39, 0.29) is 23.3 Å². The minimum atomic E-state index is -3.84. The molecule has 0 aliphatic heterocycles. The van der Waals surface area contributed by atoms with Crippen molar-refractivity contribution in [1.29, 1.82) is 0 Å². The number of aldehydes is 1. The SMILES string of the molecule is Cc1noc(CNS(=O)(=O)c2ccc(C=O)o2)n1. The van der Waals surface area contributed by atoms with Gasteiger partial charge in [0.05, 0.1) is 6.54 Å². The molecule has 2 heterocycles. The molecule has 0 unspecified atom stereocenters. The van der Waals surface area contributed by atoms with E-state index in [0.29, 0.717) is 12.1 Å². The summed E-state index contributed by atoms with van der Waals surface area (Å²) in [6.07, 6.45) is 0.417. The summed E-state index contributed by atoms with van der Waals surface area (Å²) < 4.78 is 35.2. The van der Waals surface area contributed by atoms with E-state index in [0.717, 1.165) is 0 Å². The van der Waals surface area contributed by atoms with Crippen molar-refractivity contribution >= 4 is 16.3 Å². The van der Waals surface area contributed by atoms with Crippen molar-refractivity contribution in [2.45, 2.75) is 18.6 Å². The number of rotatable bonds is 5. The van der Waals surface area contributed by atoms with Crippen LogP contribution in [-0.4, -0.2) is 24.8 Å². The Bertz CT molecular complexity index is 657. The van der Waals surface area contributed by atoms with Crippen LogP contribution in [0, 0.1) is 6.92 Å². The highest BCUT2D eigenvalue weighted by Gasteiger charge is 2.19. The number of aryl methyl sites for hydroxylation is 1. The fourth-order valence-corrected chi connectivity index (χ4v) is 2.09. The van der Waals surface area contributed by atoms with Crippen LogP contribution >= 0.6 is 0 Å². The number of furan rings is 1. The molecule has 0 aliphatic carbocycles. The van der Waals surface area contributed by atoms with E-state index in [2.05, 4.69) is 14.9 Å². The van der Waals surface area contributed by atoms with Gasteiger partial charge in [0.1, 0.15) is 0 Å². The number of hydrogen-bond donors (Lipinski definition) is 1. The summed E-state index contributed by atoms with van der Waals surface area (Å²) >= 11 is 0. The van der Waals surface area contributed by atoms with Crippen LogP contribution in [0.15, 0.2) is 26.2 Å². The Kier molecular flexibility index (Phi) is 3.26. The van der Waals surface area contributed by atoms with Crippen molar-refractivity contribution in [2.24, 2.45) is 0 Å². The van der Waals surface area contributed by atoms with Gasteiger partial charge in [-0.15, -0.1) is 0 Å². The molecule has 2 rings (SSSR count). The van der Waals surface area contributed by atoms with Crippen molar-refractivity contribution in [2.75, 3.05) is 0 Å². The molecule has 2 aromatic heterocycles. The highest BCUT2D eigenvalue weighted by atomic mass is 32.2. The molecular weight excluding hydrogens is 262 g/mol. The Morgan fingerprint density at radius 3 is 2.78 bits per heavy atom. The topological polar surface area (TPSA) is 115 Å². The summed E-state index contributed by atoms with van der Waals surface area (Å²) in [5, 5.41) is 3.17. The van der Waals surface area contributed by atoms with Gasteiger partial charge in [-0.1, -0.05) is 5.16 Å². The number of nitrogens with one attached hydrogen (secondary N) is 1. The fraction of sp³-hybridized carbons (Fsp3) is 0.222. The number of hydrogen-bond acceptors (Lipinski definition) is 7. The van der Waals surface area contributed by atoms with Crippen LogP contribution in [0.3, 0.4) is 0 Å². The smallest absolute Gasteiger partial charge is 0.274 e. The summed E-state index contributed by atoms with van der Waals surface area (Å²) in [5.74, 6) is 0.479. The molecule has 2 aromatic rings. The molecule has 0 saturated heterocycles. The number of aromatic nitrogens is 2. The van der Waals surface area contributed by atoms with Crippen molar-refractivity contribution in [3.8, 4) is 0 Å². The number of carbonyl (C=O) groups excluding carboxylic acids is 1. The Hall–Kier alpha value is -2.00. The predicted molar refractivity (Wildman–Crippen MR) is 57.2 cm³/mol. The van der Waals surface area contributed by atoms with Gasteiger partial charge in [-0.2, -0.15) is 9.71 Å². The first-order valence-electron chi connectivity index (χ1n) is 4.85. The average molecular weight is 271 g/mol. The van der Waals surface area contributed by atoms with Crippen LogP contribution in [0.1, 0.15) is 22.3 Å². The molecule has 0 amide bonds. The van der Waals surface area contributed by atoms with E-state index in [9.17, 15) is 13.2 Å². The minimum Gasteiger partial charge on any atom is -0.440 e. The van der Waals surface area contributed by atoms with Crippen LogP contribution in [0.4, 0.5) is 0 Å². The Morgan fingerprint density at radius 2 is 2.22 bits per heavy atom. The second-order valence-electron chi connectivity index (χ2n) is 3.33. The zero-order valence-electron chi connectivity index (χ0n) is 9.28. The maximum absolute atomic E-state index is 11.7. The van der Waals surface area contributed by atoms with Gasteiger partial charge < -0.3 is 8.94 Å². The largest absolute Gasteiger partial charge is 0.440 e. The van der Waals surface area contributed by atoms with Gasteiger partial charge in [-0.05, 0) is 19.1 Å². The van der Waals surface area contributed by atoms with Crippen LogP contribution in [0.2, 0.25) is 0 Å². The summed E-state index contributed by atoms with van der Waals surface area (Å²) in [4.78, 5) is 14.2. The maximum atomic E-state index is 11.7. The van der Waals surface area contributed by atoms with Crippen molar-refractivity contribution < 1.29 is 22.2 Å². The van der Waals surface area contributed by atoms with E-state index in [4.69, 9.17) is 8.94 Å². The van der Waals surface area contributed by atoms with E-state index in [1.54, 1.807) is 6.92 Å². The lowest BCUT2D eigenvalue weighted by Crippen LogP contribution is -2.23. The zero-order chi connectivity index (χ0) is 13.2. The van der Waals surface area contributed by atoms with Gasteiger partial charge in [0.2, 0.25) is 11.0 Å². The van der Waals surface area contributed by atoms with Gasteiger partial charge in [-0.25, -0.2) is 8.42 Å². The molecule has 96 valence electrons. The second kappa shape index (κ2) is 4.70. The Morgan fingerprint density at radius 1 is 1.44 bits per heavy atom. The predicted octanol–water partition coefficient (Wildman–Crippen LogP) is 0.262. The van der Waals surface area contributed by atoms with Crippen LogP contribution in [0.25, 0.3) is 0 Å². The molecule has 9 heteroatoms.